The van der Waals surface area contributed by atoms with Crippen LogP contribution in [0, 0.1) is 13.8 Å². The molecule has 1 fully saturated rings. The number of sulfonamides is 1. The molecule has 0 saturated heterocycles. The number of aryl methyl sites for hydroxylation is 2. The van der Waals surface area contributed by atoms with Crippen LogP contribution in [0.1, 0.15) is 30.1 Å². The van der Waals surface area contributed by atoms with Crippen molar-refractivity contribution in [1.82, 2.24) is 24.5 Å². The summed E-state index contributed by atoms with van der Waals surface area (Å²) in [6.45, 7) is 4.41. The van der Waals surface area contributed by atoms with Gasteiger partial charge in [0.15, 0.2) is 5.82 Å². The third kappa shape index (κ3) is 3.71. The van der Waals surface area contributed by atoms with Crippen LogP contribution < -0.4 is 14.9 Å². The van der Waals surface area contributed by atoms with Crippen molar-refractivity contribution in [3.63, 3.8) is 0 Å². The Balaban J connectivity index is 1.49. The number of rotatable bonds is 6. The molecule has 30 heavy (non-hydrogen) atoms. The molecule has 1 saturated carbocycles. The smallest absolute Gasteiger partial charge is 0.240 e. The summed E-state index contributed by atoms with van der Waals surface area (Å²) in [7, 11) is -3.52. The molecule has 1 aliphatic heterocycles. The van der Waals surface area contributed by atoms with Gasteiger partial charge in [-0.2, -0.15) is 5.10 Å². The summed E-state index contributed by atoms with van der Waals surface area (Å²) < 4.78 is 30.0. The van der Waals surface area contributed by atoms with Crippen molar-refractivity contribution >= 4 is 27.3 Å². The Morgan fingerprint density at radius 3 is 2.77 bits per heavy atom. The van der Waals surface area contributed by atoms with Crippen LogP contribution in [-0.4, -0.2) is 34.2 Å². The normalized spacial score (nSPS) is 16.3. The molecule has 5 rings (SSSR count). The fourth-order valence-corrected chi connectivity index (χ4v) is 4.81. The maximum Gasteiger partial charge on any atom is 0.240 e. The van der Waals surface area contributed by atoms with Gasteiger partial charge in [-0.15, -0.1) is 0 Å². The predicted molar refractivity (Wildman–Crippen MR) is 114 cm³/mol. The minimum absolute atomic E-state index is 0.0668. The standard InChI is InChI=1S/C20H23N7O2S/c1-13-8-18(24-23-13)22-20-12-26(11-19-21-14(2)10-27(19)20)16-4-3-5-17(9-16)30(28,29)25-15-6-7-15/h3-5,8-10,12,15,25H,6-7,11H2,1-2H3,(H2,22,23,24). The van der Waals surface area contributed by atoms with Crippen LogP contribution in [-0.2, 0) is 16.6 Å². The Morgan fingerprint density at radius 1 is 1.20 bits per heavy atom. The maximum absolute atomic E-state index is 12.6. The van der Waals surface area contributed by atoms with Crippen LogP contribution >= 0.6 is 0 Å². The molecule has 1 aliphatic carbocycles. The van der Waals surface area contributed by atoms with Gasteiger partial charge in [-0.3, -0.25) is 9.67 Å². The largest absolute Gasteiger partial charge is 0.337 e. The molecule has 0 bridgehead atoms. The SMILES string of the molecule is Cc1cn2c(n1)CN(c1cccc(S(=O)(=O)NC3CC3)c1)C=C2Nc1cc(C)[nH]n1. The highest BCUT2D eigenvalue weighted by molar-refractivity contribution is 7.89. The molecule has 0 unspecified atom stereocenters. The first-order valence-corrected chi connectivity index (χ1v) is 11.3. The zero-order chi connectivity index (χ0) is 20.9. The number of fused-ring (bicyclic) bond motifs is 1. The van der Waals surface area contributed by atoms with Crippen LogP contribution in [0.3, 0.4) is 0 Å². The third-order valence-electron chi connectivity index (χ3n) is 5.07. The van der Waals surface area contributed by atoms with Gasteiger partial charge in [-0.1, -0.05) is 6.07 Å². The molecule has 0 spiro atoms. The summed E-state index contributed by atoms with van der Waals surface area (Å²) in [5.41, 5.74) is 2.63. The predicted octanol–water partition coefficient (Wildman–Crippen LogP) is 2.55. The average Bonchev–Trinajstić information content (AvgIpc) is 3.27. The lowest BCUT2D eigenvalue weighted by molar-refractivity contribution is 0.581. The van der Waals surface area contributed by atoms with E-state index >= 15 is 0 Å². The van der Waals surface area contributed by atoms with E-state index in [0.29, 0.717) is 12.4 Å². The molecular formula is C20H23N7O2S. The monoisotopic (exact) mass is 425 g/mol. The maximum atomic E-state index is 12.6. The van der Waals surface area contributed by atoms with Crippen molar-refractivity contribution in [2.75, 3.05) is 10.2 Å². The highest BCUT2D eigenvalue weighted by atomic mass is 32.2. The number of imidazole rings is 1. The number of H-pyrrole nitrogens is 1. The van der Waals surface area contributed by atoms with Crippen molar-refractivity contribution in [1.29, 1.82) is 0 Å². The van der Waals surface area contributed by atoms with Gasteiger partial charge in [0, 0.05) is 35.9 Å². The van der Waals surface area contributed by atoms with Gasteiger partial charge >= 0.3 is 0 Å². The number of hydrogen-bond acceptors (Lipinski definition) is 6. The van der Waals surface area contributed by atoms with E-state index in [1.165, 1.54) is 0 Å². The Morgan fingerprint density at radius 2 is 2.03 bits per heavy atom. The summed E-state index contributed by atoms with van der Waals surface area (Å²) in [6, 6.07) is 8.97. The Kier molecular flexibility index (Phi) is 4.40. The van der Waals surface area contributed by atoms with Crippen molar-refractivity contribution < 1.29 is 8.42 Å². The van der Waals surface area contributed by atoms with Gasteiger partial charge in [0.05, 0.1) is 17.1 Å². The number of hydrogen-bond donors (Lipinski definition) is 3. The van der Waals surface area contributed by atoms with Crippen LogP contribution in [0.25, 0.3) is 5.82 Å². The van der Waals surface area contributed by atoms with Gasteiger partial charge in [0.25, 0.3) is 0 Å². The first-order chi connectivity index (χ1) is 14.4. The molecule has 0 atom stereocenters. The van der Waals surface area contributed by atoms with Crippen LogP contribution in [0.2, 0.25) is 0 Å². The number of aromatic amines is 1. The van der Waals surface area contributed by atoms with E-state index in [9.17, 15) is 8.42 Å². The first-order valence-electron chi connectivity index (χ1n) is 9.82. The van der Waals surface area contributed by atoms with Gasteiger partial charge in [0.2, 0.25) is 10.0 Å². The second kappa shape index (κ2) is 6.99. The van der Waals surface area contributed by atoms with E-state index < -0.39 is 10.0 Å². The number of nitrogens with zero attached hydrogens (tertiary/aromatic N) is 4. The van der Waals surface area contributed by atoms with Gasteiger partial charge < -0.3 is 10.2 Å². The molecule has 156 valence electrons. The second-order valence-corrected chi connectivity index (χ2v) is 9.48. The number of benzene rings is 1. The van der Waals surface area contributed by atoms with Crippen LogP contribution in [0.15, 0.2) is 47.6 Å². The van der Waals surface area contributed by atoms with Crippen LogP contribution in [0.5, 0.6) is 0 Å². The summed E-state index contributed by atoms with van der Waals surface area (Å²) in [5, 5.41) is 10.5. The van der Waals surface area contributed by atoms with Crippen molar-refractivity contribution in [3.05, 3.63) is 59.9 Å². The van der Waals surface area contributed by atoms with E-state index in [-0.39, 0.29) is 10.9 Å². The Hall–Kier alpha value is -3.11. The molecule has 0 amide bonds. The Bertz CT molecular complexity index is 1240. The molecule has 10 heteroatoms. The van der Waals surface area contributed by atoms with Crippen LogP contribution in [0.4, 0.5) is 11.5 Å². The number of anilines is 2. The summed E-state index contributed by atoms with van der Waals surface area (Å²) in [5.74, 6) is 2.34. The molecule has 3 aromatic rings. The minimum Gasteiger partial charge on any atom is -0.337 e. The zero-order valence-electron chi connectivity index (χ0n) is 16.8. The van der Waals surface area contributed by atoms with E-state index in [0.717, 1.165) is 41.6 Å². The molecule has 9 nitrogen and oxygen atoms in total. The lowest BCUT2D eigenvalue weighted by atomic mass is 10.2. The zero-order valence-corrected chi connectivity index (χ0v) is 17.6. The molecule has 3 heterocycles. The second-order valence-electron chi connectivity index (χ2n) is 7.76. The molecule has 1 aromatic carbocycles. The third-order valence-corrected chi connectivity index (χ3v) is 6.59. The molecular weight excluding hydrogens is 402 g/mol. The summed E-state index contributed by atoms with van der Waals surface area (Å²) in [4.78, 5) is 6.88. The quantitative estimate of drug-likeness (QED) is 0.560. The van der Waals surface area contributed by atoms with E-state index in [2.05, 4.69) is 25.2 Å². The summed E-state index contributed by atoms with van der Waals surface area (Å²) >= 11 is 0. The molecule has 2 aromatic heterocycles. The lowest BCUT2D eigenvalue weighted by Gasteiger charge is -2.28. The minimum atomic E-state index is -3.52. The van der Waals surface area contributed by atoms with E-state index in [1.54, 1.807) is 18.2 Å². The molecule has 2 aliphatic rings. The molecule has 3 N–H and O–H groups in total. The summed E-state index contributed by atoms with van der Waals surface area (Å²) in [6.07, 6.45) is 5.71. The van der Waals surface area contributed by atoms with Gasteiger partial charge in [0.1, 0.15) is 11.6 Å². The van der Waals surface area contributed by atoms with Crippen molar-refractivity contribution in [2.24, 2.45) is 0 Å². The fourth-order valence-electron chi connectivity index (χ4n) is 3.47. The Labute approximate surface area is 174 Å². The fraction of sp³-hybridized carbons (Fsp3) is 0.300. The molecule has 0 radical (unpaired) electrons. The van der Waals surface area contributed by atoms with E-state index in [1.807, 2.05) is 47.8 Å². The van der Waals surface area contributed by atoms with Crippen molar-refractivity contribution in [3.8, 4) is 0 Å². The number of aromatic nitrogens is 4. The topological polar surface area (TPSA) is 108 Å². The first kappa shape index (κ1) is 18.9. The highest BCUT2D eigenvalue weighted by Gasteiger charge is 2.28. The number of nitrogens with one attached hydrogen (secondary N) is 3. The highest BCUT2D eigenvalue weighted by Crippen LogP contribution is 2.29. The van der Waals surface area contributed by atoms with Gasteiger partial charge in [-0.25, -0.2) is 18.1 Å². The van der Waals surface area contributed by atoms with E-state index in [4.69, 9.17) is 0 Å². The average molecular weight is 426 g/mol. The van der Waals surface area contributed by atoms with Gasteiger partial charge in [-0.05, 0) is 44.9 Å². The van der Waals surface area contributed by atoms with Crippen molar-refractivity contribution in [2.45, 2.75) is 44.2 Å². The lowest BCUT2D eigenvalue weighted by Crippen LogP contribution is -2.28.